The van der Waals surface area contributed by atoms with Gasteiger partial charge in [0.25, 0.3) is 0 Å². The molecule has 104 valence electrons. The third kappa shape index (κ3) is 2.97. The van der Waals surface area contributed by atoms with Crippen molar-refractivity contribution in [2.24, 2.45) is 0 Å². The Kier molecular flexibility index (Phi) is 3.86. The van der Waals surface area contributed by atoms with Crippen LogP contribution >= 0.6 is 15.9 Å². The molecule has 2 fully saturated rings. The van der Waals surface area contributed by atoms with Gasteiger partial charge in [0.15, 0.2) is 0 Å². The summed E-state index contributed by atoms with van der Waals surface area (Å²) in [7, 11) is 0. The lowest BCUT2D eigenvalue weighted by Crippen LogP contribution is -2.27. The van der Waals surface area contributed by atoms with Crippen molar-refractivity contribution in [1.29, 1.82) is 0 Å². The molecule has 1 spiro atoms. The Balaban J connectivity index is 1.54. The van der Waals surface area contributed by atoms with Gasteiger partial charge in [0.05, 0.1) is 11.7 Å². The number of benzene rings is 1. The van der Waals surface area contributed by atoms with E-state index in [-0.39, 0.29) is 11.7 Å². The zero-order valence-electron chi connectivity index (χ0n) is 11.5. The standard InChI is InChI=1S/C16H21BrO2/c1-12-10-13(4-5-15(12)17)18-11-14-6-9-16(19-14)7-2-3-8-16/h4-5,10,14H,2-3,6-9,11H2,1H3. The Bertz CT molecular complexity index is 452. The summed E-state index contributed by atoms with van der Waals surface area (Å²) < 4.78 is 13.3. The van der Waals surface area contributed by atoms with Crippen LogP contribution in [0.2, 0.25) is 0 Å². The number of hydrogen-bond donors (Lipinski definition) is 0. The Hall–Kier alpha value is -0.540. The molecule has 1 aliphatic carbocycles. The molecule has 3 rings (SSSR count). The molecule has 1 aliphatic heterocycles. The highest BCUT2D eigenvalue weighted by molar-refractivity contribution is 9.10. The van der Waals surface area contributed by atoms with Gasteiger partial charge in [-0.25, -0.2) is 0 Å². The molecule has 1 unspecified atom stereocenters. The molecule has 3 heteroatoms. The monoisotopic (exact) mass is 324 g/mol. The fourth-order valence-corrected chi connectivity index (χ4v) is 3.54. The summed E-state index contributed by atoms with van der Waals surface area (Å²) in [6.07, 6.45) is 7.82. The molecule has 2 nitrogen and oxygen atoms in total. The third-order valence-electron chi connectivity index (χ3n) is 4.42. The van der Waals surface area contributed by atoms with Gasteiger partial charge >= 0.3 is 0 Å². The summed E-state index contributed by atoms with van der Waals surface area (Å²) in [6.45, 7) is 2.76. The van der Waals surface area contributed by atoms with Gasteiger partial charge in [0.1, 0.15) is 12.4 Å². The van der Waals surface area contributed by atoms with E-state index in [1.54, 1.807) is 0 Å². The van der Waals surface area contributed by atoms with Crippen molar-refractivity contribution < 1.29 is 9.47 Å². The molecule has 1 aromatic rings. The third-order valence-corrected chi connectivity index (χ3v) is 5.31. The Morgan fingerprint density at radius 2 is 2.11 bits per heavy atom. The molecule has 0 amide bonds. The van der Waals surface area contributed by atoms with Crippen LogP contribution in [0.25, 0.3) is 0 Å². The van der Waals surface area contributed by atoms with Gasteiger partial charge in [0, 0.05) is 4.47 Å². The molecule has 1 heterocycles. The van der Waals surface area contributed by atoms with Gasteiger partial charge in [-0.1, -0.05) is 28.8 Å². The van der Waals surface area contributed by atoms with E-state index in [1.165, 1.54) is 37.7 Å². The Labute approximate surface area is 123 Å². The van der Waals surface area contributed by atoms with Crippen LogP contribution < -0.4 is 4.74 Å². The zero-order chi connectivity index (χ0) is 13.3. The lowest BCUT2D eigenvalue weighted by atomic mass is 9.98. The summed E-state index contributed by atoms with van der Waals surface area (Å²) in [5.41, 5.74) is 1.42. The summed E-state index contributed by atoms with van der Waals surface area (Å²) in [6, 6.07) is 6.13. The molecular weight excluding hydrogens is 304 g/mol. The predicted molar refractivity (Wildman–Crippen MR) is 79.7 cm³/mol. The van der Waals surface area contributed by atoms with Crippen LogP contribution in [0.1, 0.15) is 44.1 Å². The molecular formula is C16H21BrO2. The van der Waals surface area contributed by atoms with Crippen LogP contribution in [0.4, 0.5) is 0 Å². The normalized spacial score (nSPS) is 25.1. The second kappa shape index (κ2) is 5.45. The van der Waals surface area contributed by atoms with Crippen LogP contribution in [-0.4, -0.2) is 18.3 Å². The molecule has 1 saturated carbocycles. The molecule has 1 aromatic carbocycles. The molecule has 19 heavy (non-hydrogen) atoms. The summed E-state index contributed by atoms with van der Waals surface area (Å²) in [5.74, 6) is 0.941. The van der Waals surface area contributed by atoms with Crippen LogP contribution in [0.3, 0.4) is 0 Å². The van der Waals surface area contributed by atoms with Crippen LogP contribution in [0.5, 0.6) is 5.75 Å². The molecule has 0 radical (unpaired) electrons. The van der Waals surface area contributed by atoms with E-state index in [9.17, 15) is 0 Å². The number of ether oxygens (including phenoxy) is 2. The van der Waals surface area contributed by atoms with Gasteiger partial charge in [-0.3, -0.25) is 0 Å². The highest BCUT2D eigenvalue weighted by Gasteiger charge is 2.42. The lowest BCUT2D eigenvalue weighted by molar-refractivity contribution is -0.0508. The number of halogens is 1. The first kappa shape index (κ1) is 13.4. The van der Waals surface area contributed by atoms with Crippen molar-refractivity contribution in [2.75, 3.05) is 6.61 Å². The minimum absolute atomic E-state index is 0.212. The molecule has 0 N–H and O–H groups in total. The van der Waals surface area contributed by atoms with Crippen molar-refractivity contribution in [1.82, 2.24) is 0 Å². The van der Waals surface area contributed by atoms with Crippen LogP contribution in [-0.2, 0) is 4.74 Å². The van der Waals surface area contributed by atoms with Crippen LogP contribution in [0.15, 0.2) is 22.7 Å². The maximum atomic E-state index is 6.25. The maximum Gasteiger partial charge on any atom is 0.119 e. The van der Waals surface area contributed by atoms with Crippen molar-refractivity contribution in [3.8, 4) is 5.75 Å². The van der Waals surface area contributed by atoms with Gasteiger partial charge < -0.3 is 9.47 Å². The smallest absolute Gasteiger partial charge is 0.119 e. The van der Waals surface area contributed by atoms with Crippen LogP contribution in [0, 0.1) is 6.92 Å². The summed E-state index contributed by atoms with van der Waals surface area (Å²) >= 11 is 3.51. The molecule has 0 aromatic heterocycles. The van der Waals surface area contributed by atoms with Gasteiger partial charge in [0.2, 0.25) is 0 Å². The average Bonchev–Trinajstić information content (AvgIpc) is 3.02. The van der Waals surface area contributed by atoms with E-state index >= 15 is 0 Å². The molecule has 1 atom stereocenters. The minimum Gasteiger partial charge on any atom is -0.491 e. The topological polar surface area (TPSA) is 18.5 Å². The van der Waals surface area contributed by atoms with E-state index in [2.05, 4.69) is 28.9 Å². The molecule has 1 saturated heterocycles. The zero-order valence-corrected chi connectivity index (χ0v) is 13.0. The first-order chi connectivity index (χ1) is 9.17. The highest BCUT2D eigenvalue weighted by Crippen LogP contribution is 2.43. The summed E-state index contributed by atoms with van der Waals surface area (Å²) in [4.78, 5) is 0. The Morgan fingerprint density at radius 1 is 1.32 bits per heavy atom. The minimum atomic E-state index is 0.212. The second-order valence-electron chi connectivity index (χ2n) is 5.89. The van der Waals surface area contributed by atoms with E-state index in [0.29, 0.717) is 6.61 Å². The number of aryl methyl sites for hydroxylation is 1. The second-order valence-corrected chi connectivity index (χ2v) is 6.74. The molecule has 2 aliphatic rings. The van der Waals surface area contributed by atoms with E-state index in [0.717, 1.165) is 16.6 Å². The summed E-state index contributed by atoms with van der Waals surface area (Å²) in [5, 5.41) is 0. The first-order valence-electron chi connectivity index (χ1n) is 7.24. The predicted octanol–water partition coefficient (Wildman–Crippen LogP) is 4.63. The van der Waals surface area contributed by atoms with Crippen molar-refractivity contribution in [3.05, 3.63) is 28.2 Å². The van der Waals surface area contributed by atoms with Gasteiger partial charge in [-0.2, -0.15) is 0 Å². The fourth-order valence-electron chi connectivity index (χ4n) is 3.30. The largest absolute Gasteiger partial charge is 0.491 e. The van der Waals surface area contributed by atoms with Gasteiger partial charge in [-0.15, -0.1) is 0 Å². The highest BCUT2D eigenvalue weighted by atomic mass is 79.9. The van der Waals surface area contributed by atoms with Crippen molar-refractivity contribution in [3.63, 3.8) is 0 Å². The molecule has 0 bridgehead atoms. The quantitative estimate of drug-likeness (QED) is 0.807. The van der Waals surface area contributed by atoms with Crippen molar-refractivity contribution in [2.45, 2.75) is 57.2 Å². The number of rotatable bonds is 3. The van der Waals surface area contributed by atoms with Crippen molar-refractivity contribution >= 4 is 15.9 Å². The first-order valence-corrected chi connectivity index (χ1v) is 8.03. The number of hydrogen-bond acceptors (Lipinski definition) is 2. The average molecular weight is 325 g/mol. The van der Waals surface area contributed by atoms with E-state index in [1.807, 2.05) is 12.1 Å². The van der Waals surface area contributed by atoms with E-state index < -0.39 is 0 Å². The SMILES string of the molecule is Cc1cc(OCC2CCC3(CCCC3)O2)ccc1Br. The van der Waals surface area contributed by atoms with E-state index in [4.69, 9.17) is 9.47 Å². The Morgan fingerprint density at radius 3 is 2.84 bits per heavy atom. The van der Waals surface area contributed by atoms with Gasteiger partial charge in [-0.05, 0) is 56.4 Å². The fraction of sp³-hybridized carbons (Fsp3) is 0.625. The lowest BCUT2D eigenvalue weighted by Gasteiger charge is -2.23. The maximum absolute atomic E-state index is 6.25.